The van der Waals surface area contributed by atoms with Gasteiger partial charge in [0.25, 0.3) is 5.56 Å². The fourth-order valence-electron chi connectivity index (χ4n) is 3.66. The normalized spacial score (nSPS) is 12.1. The third-order valence-corrected chi connectivity index (χ3v) is 5.78. The van der Waals surface area contributed by atoms with Crippen molar-refractivity contribution in [3.8, 4) is 22.9 Å². The molecule has 1 atom stereocenters. The first-order valence-corrected chi connectivity index (χ1v) is 11.5. The quantitative estimate of drug-likeness (QED) is 0.385. The number of hydrogen-bond acceptors (Lipinski definition) is 7. The standard InChI is InChI=1S/C26H27F3N2O7/c1-6-16-7-8-17(20(11-16)38-15(2)24(33)36-5)14-37-21-12-18(9-10-19(21)35-4)31-23(32)13-22(26(27,28)29)30(3)25(31)34/h7-13,15H,6,14H2,1-5H3/t15-/m0/s1. The highest BCUT2D eigenvalue weighted by molar-refractivity contribution is 5.74. The number of aryl methyl sites for hydroxylation is 1. The summed E-state index contributed by atoms with van der Waals surface area (Å²) in [5.41, 5.74) is -2.18. The van der Waals surface area contributed by atoms with Gasteiger partial charge in [-0.25, -0.2) is 14.2 Å². The summed E-state index contributed by atoms with van der Waals surface area (Å²) in [7, 11) is 3.57. The second-order valence-corrected chi connectivity index (χ2v) is 8.25. The van der Waals surface area contributed by atoms with Crippen LogP contribution in [0.4, 0.5) is 13.2 Å². The lowest BCUT2D eigenvalue weighted by Crippen LogP contribution is -2.40. The van der Waals surface area contributed by atoms with Gasteiger partial charge in [-0.05, 0) is 37.1 Å². The largest absolute Gasteiger partial charge is 0.493 e. The Bertz CT molecular complexity index is 1440. The summed E-state index contributed by atoms with van der Waals surface area (Å²) in [4.78, 5) is 37.1. The summed E-state index contributed by atoms with van der Waals surface area (Å²) in [6.45, 7) is 3.44. The molecule has 0 bridgehead atoms. The molecule has 1 heterocycles. The maximum atomic E-state index is 13.2. The monoisotopic (exact) mass is 536 g/mol. The van der Waals surface area contributed by atoms with E-state index >= 15 is 0 Å². The number of benzene rings is 2. The Morgan fingerprint density at radius 3 is 2.32 bits per heavy atom. The molecule has 0 saturated carbocycles. The van der Waals surface area contributed by atoms with Gasteiger partial charge in [-0.15, -0.1) is 0 Å². The van der Waals surface area contributed by atoms with Gasteiger partial charge in [-0.3, -0.25) is 9.36 Å². The molecular weight excluding hydrogens is 509 g/mol. The lowest BCUT2D eigenvalue weighted by atomic mass is 10.1. The molecule has 0 saturated heterocycles. The minimum Gasteiger partial charge on any atom is -0.493 e. The zero-order chi connectivity index (χ0) is 28.2. The molecule has 3 aromatic rings. The highest BCUT2D eigenvalue weighted by Gasteiger charge is 2.35. The Balaban J connectivity index is 1.99. The third-order valence-electron chi connectivity index (χ3n) is 5.78. The fourth-order valence-corrected chi connectivity index (χ4v) is 3.66. The molecular formula is C26H27F3N2O7. The molecule has 204 valence electrons. The topological polar surface area (TPSA) is 98.0 Å². The van der Waals surface area contributed by atoms with Crippen molar-refractivity contribution in [2.75, 3.05) is 14.2 Å². The first kappa shape index (κ1) is 28.4. The molecule has 12 heteroatoms. The van der Waals surface area contributed by atoms with Crippen molar-refractivity contribution in [1.29, 1.82) is 0 Å². The molecule has 0 aliphatic rings. The lowest BCUT2D eigenvalue weighted by Gasteiger charge is -2.18. The first-order valence-electron chi connectivity index (χ1n) is 11.5. The van der Waals surface area contributed by atoms with Gasteiger partial charge in [-0.2, -0.15) is 13.2 Å². The van der Waals surface area contributed by atoms with E-state index in [2.05, 4.69) is 0 Å². The number of rotatable bonds is 9. The van der Waals surface area contributed by atoms with Crippen molar-refractivity contribution in [3.05, 3.63) is 80.1 Å². The van der Waals surface area contributed by atoms with Gasteiger partial charge in [0.05, 0.1) is 19.9 Å². The summed E-state index contributed by atoms with van der Waals surface area (Å²) >= 11 is 0. The van der Waals surface area contributed by atoms with Gasteiger partial charge in [0.1, 0.15) is 18.1 Å². The summed E-state index contributed by atoms with van der Waals surface area (Å²) in [5.74, 6) is 0.202. The van der Waals surface area contributed by atoms with Crippen LogP contribution in [0.2, 0.25) is 0 Å². The molecule has 0 N–H and O–H groups in total. The summed E-state index contributed by atoms with van der Waals surface area (Å²) < 4.78 is 62.3. The molecule has 0 unspecified atom stereocenters. The van der Waals surface area contributed by atoms with Crippen LogP contribution in [-0.4, -0.2) is 35.4 Å². The van der Waals surface area contributed by atoms with E-state index in [9.17, 15) is 27.6 Å². The minimum absolute atomic E-state index is 0.0164. The van der Waals surface area contributed by atoms with Crippen LogP contribution >= 0.6 is 0 Å². The highest BCUT2D eigenvalue weighted by Crippen LogP contribution is 2.32. The first-order chi connectivity index (χ1) is 17.9. The van der Waals surface area contributed by atoms with E-state index in [1.54, 1.807) is 19.1 Å². The molecule has 3 rings (SSSR count). The maximum Gasteiger partial charge on any atom is 0.431 e. The number of hydrogen-bond donors (Lipinski definition) is 0. The van der Waals surface area contributed by atoms with Crippen molar-refractivity contribution in [1.82, 2.24) is 9.13 Å². The van der Waals surface area contributed by atoms with E-state index in [1.807, 2.05) is 13.0 Å². The lowest BCUT2D eigenvalue weighted by molar-refractivity contribution is -0.148. The minimum atomic E-state index is -4.88. The zero-order valence-electron chi connectivity index (χ0n) is 21.4. The molecule has 0 fully saturated rings. The number of aromatic nitrogens is 2. The van der Waals surface area contributed by atoms with E-state index in [-0.39, 0.29) is 23.8 Å². The number of nitrogens with zero attached hydrogens (tertiary/aromatic N) is 2. The van der Waals surface area contributed by atoms with Crippen molar-refractivity contribution in [2.45, 2.75) is 39.2 Å². The number of esters is 1. The van der Waals surface area contributed by atoms with Crippen LogP contribution in [0.15, 0.2) is 52.1 Å². The number of methoxy groups -OCH3 is 2. The third kappa shape index (κ3) is 6.01. The van der Waals surface area contributed by atoms with E-state index in [0.29, 0.717) is 26.5 Å². The summed E-state index contributed by atoms with van der Waals surface area (Å²) in [6.07, 6.45) is -5.04. The number of halogens is 3. The van der Waals surface area contributed by atoms with E-state index in [0.717, 1.165) is 19.0 Å². The Morgan fingerprint density at radius 2 is 1.71 bits per heavy atom. The van der Waals surface area contributed by atoms with Crippen LogP contribution in [0, 0.1) is 0 Å². The molecule has 9 nitrogen and oxygen atoms in total. The number of ether oxygens (including phenoxy) is 4. The molecule has 2 aromatic carbocycles. The van der Waals surface area contributed by atoms with E-state index < -0.39 is 35.2 Å². The van der Waals surface area contributed by atoms with Gasteiger partial charge in [0, 0.05) is 24.7 Å². The molecule has 0 amide bonds. The number of alkyl halides is 3. The second kappa shape index (κ2) is 11.4. The smallest absolute Gasteiger partial charge is 0.431 e. The van der Waals surface area contributed by atoms with Crippen molar-refractivity contribution >= 4 is 5.97 Å². The van der Waals surface area contributed by atoms with Crippen LogP contribution in [0.25, 0.3) is 5.69 Å². The van der Waals surface area contributed by atoms with Gasteiger partial charge >= 0.3 is 17.8 Å². The highest BCUT2D eigenvalue weighted by atomic mass is 19.4. The average molecular weight is 537 g/mol. The molecule has 0 radical (unpaired) electrons. The van der Waals surface area contributed by atoms with Gasteiger partial charge < -0.3 is 18.9 Å². The SMILES string of the molecule is CCc1ccc(COc2cc(-n3c(=O)cc(C(F)(F)F)n(C)c3=O)ccc2OC)c(O[C@@H](C)C(=O)OC)c1. The Labute approximate surface area is 215 Å². The fraction of sp³-hybridized carbons (Fsp3) is 0.346. The maximum absolute atomic E-state index is 13.2. The van der Waals surface area contributed by atoms with Crippen molar-refractivity contribution in [3.63, 3.8) is 0 Å². The Hall–Kier alpha value is -4.22. The molecule has 0 aliphatic heterocycles. The van der Waals surface area contributed by atoms with E-state index in [1.165, 1.54) is 32.4 Å². The van der Waals surface area contributed by atoms with Crippen LogP contribution in [0.5, 0.6) is 17.2 Å². The summed E-state index contributed by atoms with van der Waals surface area (Å²) in [6, 6.07) is 9.85. The van der Waals surface area contributed by atoms with Gasteiger partial charge in [0.15, 0.2) is 17.6 Å². The Kier molecular flexibility index (Phi) is 8.54. The molecule has 1 aromatic heterocycles. The van der Waals surface area contributed by atoms with Crippen LogP contribution < -0.4 is 25.5 Å². The van der Waals surface area contributed by atoms with Crippen molar-refractivity contribution < 1.29 is 36.9 Å². The predicted octanol–water partition coefficient (Wildman–Crippen LogP) is 3.65. The molecule has 38 heavy (non-hydrogen) atoms. The van der Waals surface area contributed by atoms with Crippen LogP contribution in [0.3, 0.4) is 0 Å². The van der Waals surface area contributed by atoms with Gasteiger partial charge in [0.2, 0.25) is 0 Å². The zero-order valence-corrected chi connectivity index (χ0v) is 21.4. The van der Waals surface area contributed by atoms with Gasteiger partial charge in [-0.1, -0.05) is 19.1 Å². The number of carbonyl (C=O) groups excluding carboxylic acids is 1. The van der Waals surface area contributed by atoms with Crippen LogP contribution in [-0.2, 0) is 35.8 Å². The number of carbonyl (C=O) groups is 1. The Morgan fingerprint density at radius 1 is 1.00 bits per heavy atom. The molecule has 0 spiro atoms. The van der Waals surface area contributed by atoms with Crippen molar-refractivity contribution in [2.24, 2.45) is 7.05 Å². The summed E-state index contributed by atoms with van der Waals surface area (Å²) in [5, 5.41) is 0. The van der Waals surface area contributed by atoms with E-state index in [4.69, 9.17) is 18.9 Å². The second-order valence-electron chi connectivity index (χ2n) is 8.25. The predicted molar refractivity (Wildman–Crippen MR) is 131 cm³/mol. The molecule has 0 aliphatic carbocycles. The average Bonchev–Trinajstić information content (AvgIpc) is 2.88. The van der Waals surface area contributed by atoms with Crippen LogP contribution in [0.1, 0.15) is 30.7 Å².